The van der Waals surface area contributed by atoms with E-state index in [-0.39, 0.29) is 22.6 Å². The SMILES string of the molecule is COc1cc(C2/C(=C(/O)c3ccc4c(c3)CC(C)O4)C(=O)C(=O)N2c2nc3ccc(F)cc3s2)ccc1OCCC(C)C. The van der Waals surface area contributed by atoms with Gasteiger partial charge >= 0.3 is 5.91 Å². The van der Waals surface area contributed by atoms with Gasteiger partial charge in [0.15, 0.2) is 16.6 Å². The van der Waals surface area contributed by atoms with Crippen molar-refractivity contribution in [2.45, 2.75) is 45.8 Å². The van der Waals surface area contributed by atoms with Crippen molar-refractivity contribution in [2.75, 3.05) is 18.6 Å². The lowest BCUT2D eigenvalue weighted by Gasteiger charge is -2.24. The smallest absolute Gasteiger partial charge is 0.301 e. The van der Waals surface area contributed by atoms with Crippen LogP contribution >= 0.6 is 11.3 Å². The van der Waals surface area contributed by atoms with E-state index in [4.69, 9.17) is 14.2 Å². The van der Waals surface area contributed by atoms with Crippen LogP contribution in [0.4, 0.5) is 9.52 Å². The predicted molar refractivity (Wildman–Crippen MR) is 163 cm³/mol. The van der Waals surface area contributed by atoms with Gasteiger partial charge in [-0.3, -0.25) is 14.5 Å². The van der Waals surface area contributed by atoms with Crippen LogP contribution in [0.25, 0.3) is 16.0 Å². The fraction of sp³-hybridized carbons (Fsp3) is 0.303. The first-order valence-electron chi connectivity index (χ1n) is 14.1. The van der Waals surface area contributed by atoms with Gasteiger partial charge in [-0.15, -0.1) is 0 Å². The Morgan fingerprint density at radius 3 is 2.72 bits per heavy atom. The quantitative estimate of drug-likeness (QED) is 0.134. The molecule has 10 heteroatoms. The number of aliphatic hydroxyl groups is 1. The van der Waals surface area contributed by atoms with Gasteiger partial charge in [-0.1, -0.05) is 31.3 Å². The van der Waals surface area contributed by atoms with Gasteiger partial charge in [-0.2, -0.15) is 0 Å². The lowest BCUT2D eigenvalue weighted by molar-refractivity contribution is -0.132. The van der Waals surface area contributed by atoms with Gasteiger partial charge in [-0.25, -0.2) is 9.37 Å². The summed E-state index contributed by atoms with van der Waals surface area (Å²) in [5, 5.41) is 11.9. The van der Waals surface area contributed by atoms with Crippen molar-refractivity contribution >= 4 is 44.1 Å². The van der Waals surface area contributed by atoms with Gasteiger partial charge in [0.2, 0.25) is 0 Å². The number of thiazole rings is 1. The van der Waals surface area contributed by atoms with Crippen LogP contribution in [0.15, 0.2) is 60.2 Å². The molecule has 0 saturated carbocycles. The summed E-state index contributed by atoms with van der Waals surface area (Å²) in [5.41, 5.74) is 2.21. The number of nitrogens with zero attached hydrogens (tertiary/aromatic N) is 2. The Morgan fingerprint density at radius 2 is 1.95 bits per heavy atom. The summed E-state index contributed by atoms with van der Waals surface area (Å²) in [7, 11) is 1.51. The zero-order valence-corrected chi connectivity index (χ0v) is 25.0. The zero-order chi connectivity index (χ0) is 30.4. The van der Waals surface area contributed by atoms with Crippen LogP contribution in [0.3, 0.4) is 0 Å². The molecule has 1 saturated heterocycles. The van der Waals surface area contributed by atoms with E-state index in [1.165, 1.54) is 30.2 Å². The summed E-state index contributed by atoms with van der Waals surface area (Å²) in [6, 6.07) is 13.5. The summed E-state index contributed by atoms with van der Waals surface area (Å²) in [4.78, 5) is 33.2. The molecular weight excluding hydrogens is 571 g/mol. The average molecular weight is 603 g/mol. The number of carbonyl (C=O) groups is 2. The number of ketones is 1. The molecule has 0 spiro atoms. The maximum atomic E-state index is 14.0. The number of benzene rings is 3. The first kappa shape index (κ1) is 28.7. The van der Waals surface area contributed by atoms with E-state index in [2.05, 4.69) is 18.8 Å². The normalized spacial score (nSPS) is 19.3. The number of rotatable bonds is 8. The highest BCUT2D eigenvalue weighted by Crippen LogP contribution is 2.46. The van der Waals surface area contributed by atoms with Crippen LogP contribution in [-0.4, -0.2) is 41.6 Å². The standard InChI is InChI=1S/C33H31FN2O6S/c1-17(2)11-12-41-25-10-5-19(15-26(25)40-4)29-28(30(37)20-6-9-24-21(14-20)13-18(3)42-24)31(38)32(39)36(29)33-35-23-8-7-22(34)16-27(23)43-33/h5-10,14-18,29,37H,11-13H2,1-4H3/b30-28-. The van der Waals surface area contributed by atoms with E-state index in [0.717, 1.165) is 29.1 Å². The molecule has 43 heavy (non-hydrogen) atoms. The third-order valence-corrected chi connectivity index (χ3v) is 8.63. The first-order chi connectivity index (χ1) is 20.6. The molecule has 0 bridgehead atoms. The van der Waals surface area contributed by atoms with Crippen molar-refractivity contribution in [2.24, 2.45) is 5.92 Å². The Morgan fingerprint density at radius 1 is 1.14 bits per heavy atom. The molecule has 222 valence electrons. The van der Waals surface area contributed by atoms with E-state index >= 15 is 0 Å². The maximum absolute atomic E-state index is 14.0. The van der Waals surface area contributed by atoms with Crippen LogP contribution in [0.1, 0.15) is 49.9 Å². The second-order valence-corrected chi connectivity index (χ2v) is 12.2. The van der Waals surface area contributed by atoms with Crippen LogP contribution in [0.2, 0.25) is 0 Å². The van der Waals surface area contributed by atoms with Crippen LogP contribution < -0.4 is 19.1 Å². The lowest BCUT2D eigenvalue weighted by Crippen LogP contribution is -2.29. The number of fused-ring (bicyclic) bond motifs is 2. The van der Waals surface area contributed by atoms with Gasteiger partial charge in [0.25, 0.3) is 5.78 Å². The van der Waals surface area contributed by atoms with Crippen LogP contribution in [0, 0.1) is 11.7 Å². The number of methoxy groups -OCH3 is 1. The molecule has 2 aliphatic heterocycles. The van der Waals surface area contributed by atoms with E-state index in [1.807, 2.05) is 6.92 Å². The van der Waals surface area contributed by atoms with Crippen LogP contribution in [0.5, 0.6) is 17.2 Å². The highest BCUT2D eigenvalue weighted by molar-refractivity contribution is 7.22. The molecule has 3 aromatic carbocycles. The Hall–Kier alpha value is -4.44. The molecule has 1 aromatic heterocycles. The Balaban J connectivity index is 1.49. The van der Waals surface area contributed by atoms with Gasteiger partial charge in [0.1, 0.15) is 23.4 Å². The second kappa shape index (κ2) is 11.3. The van der Waals surface area contributed by atoms with Crippen molar-refractivity contribution in [1.82, 2.24) is 4.98 Å². The molecule has 1 amide bonds. The molecule has 0 aliphatic carbocycles. The van der Waals surface area contributed by atoms with Gasteiger partial charge in [-0.05, 0) is 78.9 Å². The van der Waals surface area contributed by atoms with E-state index in [9.17, 15) is 19.1 Å². The molecule has 3 heterocycles. The third kappa shape index (κ3) is 5.31. The first-order valence-corrected chi connectivity index (χ1v) is 14.9. The van der Waals surface area contributed by atoms with Crippen molar-refractivity contribution in [1.29, 1.82) is 0 Å². The summed E-state index contributed by atoms with van der Waals surface area (Å²) in [5.74, 6) is -0.323. The number of Topliss-reactive ketones (excluding diaryl/α,β-unsaturated/α-hetero) is 1. The third-order valence-electron chi connectivity index (χ3n) is 7.62. The van der Waals surface area contributed by atoms with E-state index < -0.39 is 23.5 Å². The Bertz CT molecular complexity index is 1780. The number of hydrogen-bond acceptors (Lipinski definition) is 8. The Labute approximate surface area is 252 Å². The highest BCUT2D eigenvalue weighted by Gasteiger charge is 2.48. The van der Waals surface area contributed by atoms with Crippen molar-refractivity contribution < 1.29 is 33.3 Å². The monoisotopic (exact) mass is 602 g/mol. The summed E-state index contributed by atoms with van der Waals surface area (Å²) in [6.07, 6.45) is 1.51. The predicted octanol–water partition coefficient (Wildman–Crippen LogP) is 6.82. The molecule has 2 unspecified atom stereocenters. The number of carbonyl (C=O) groups excluding carboxylic acids is 2. The minimum atomic E-state index is -1.03. The van der Waals surface area contributed by atoms with Crippen LogP contribution in [-0.2, 0) is 16.0 Å². The fourth-order valence-electron chi connectivity index (χ4n) is 5.44. The molecular formula is C33H31FN2O6S. The van der Waals surface area contributed by atoms with Gasteiger partial charge in [0.05, 0.1) is 35.5 Å². The molecule has 2 atom stereocenters. The molecule has 4 aromatic rings. The number of amides is 1. The molecule has 0 radical (unpaired) electrons. The molecule has 8 nitrogen and oxygen atoms in total. The maximum Gasteiger partial charge on any atom is 0.301 e. The minimum absolute atomic E-state index is 0.00409. The molecule has 1 N–H and O–H groups in total. The number of hydrogen-bond donors (Lipinski definition) is 1. The fourth-order valence-corrected chi connectivity index (χ4v) is 6.45. The lowest BCUT2D eigenvalue weighted by atomic mass is 9.94. The van der Waals surface area contributed by atoms with Crippen molar-refractivity contribution in [3.05, 3.63) is 82.7 Å². The Kier molecular flexibility index (Phi) is 7.56. The highest BCUT2D eigenvalue weighted by atomic mass is 32.1. The molecule has 6 rings (SSSR count). The average Bonchev–Trinajstić information content (AvgIpc) is 3.64. The largest absolute Gasteiger partial charge is 0.507 e. The summed E-state index contributed by atoms with van der Waals surface area (Å²) in [6.45, 7) is 6.67. The number of ether oxygens (including phenoxy) is 3. The zero-order valence-electron chi connectivity index (χ0n) is 24.2. The number of aliphatic hydroxyl groups excluding tert-OH is 1. The summed E-state index contributed by atoms with van der Waals surface area (Å²) < 4.78 is 31.9. The minimum Gasteiger partial charge on any atom is -0.507 e. The second-order valence-electron chi connectivity index (χ2n) is 11.2. The topological polar surface area (TPSA) is 98.2 Å². The van der Waals surface area contributed by atoms with Crippen molar-refractivity contribution in [3.63, 3.8) is 0 Å². The van der Waals surface area contributed by atoms with E-state index in [0.29, 0.717) is 51.8 Å². The molecule has 2 aliphatic rings. The molecule has 1 fully saturated rings. The van der Waals surface area contributed by atoms with Crippen molar-refractivity contribution in [3.8, 4) is 17.2 Å². The van der Waals surface area contributed by atoms with E-state index in [1.54, 1.807) is 36.4 Å². The number of halogens is 1. The van der Waals surface area contributed by atoms with Gasteiger partial charge < -0.3 is 19.3 Å². The summed E-state index contributed by atoms with van der Waals surface area (Å²) >= 11 is 1.09. The number of aromatic nitrogens is 1. The van der Waals surface area contributed by atoms with Gasteiger partial charge in [0, 0.05) is 12.0 Å². The number of anilines is 1.